The predicted molar refractivity (Wildman–Crippen MR) is 151 cm³/mol. The molecule has 1 saturated heterocycles. The Kier molecular flexibility index (Phi) is 8.54. The maximum Gasteiger partial charge on any atom is 0.433 e. The minimum Gasteiger partial charge on any atom is -0.480 e. The number of hydrogen-bond donors (Lipinski definition) is 2. The third-order valence-electron chi connectivity index (χ3n) is 6.46. The standard InChI is InChI=1S/C27H23ClF3N7O3S/c28-17-5-3-16(4-6-17)14-19(25(40)41)34-24(39)18-15-22(36-23(33-18)20-2-1-13-42-20)37-9-11-38(12-10-37)26-32-8-7-21(35-26)27(29,30)31/h1-8,13,15,19H,9-12,14H2,(H,34,39)(H,40,41). The van der Waals surface area contributed by atoms with Crippen LogP contribution in [0.2, 0.25) is 5.02 Å². The second kappa shape index (κ2) is 12.3. The number of hydrogen-bond acceptors (Lipinski definition) is 9. The highest BCUT2D eigenvalue weighted by molar-refractivity contribution is 7.13. The molecule has 1 aliphatic rings. The monoisotopic (exact) mass is 617 g/mol. The lowest BCUT2D eigenvalue weighted by Gasteiger charge is -2.35. The van der Waals surface area contributed by atoms with E-state index in [2.05, 4.69) is 25.3 Å². The molecule has 1 amide bonds. The Morgan fingerprint density at radius 1 is 1.02 bits per heavy atom. The van der Waals surface area contributed by atoms with Gasteiger partial charge in [-0.2, -0.15) is 13.2 Å². The van der Waals surface area contributed by atoms with E-state index in [0.29, 0.717) is 53.3 Å². The summed E-state index contributed by atoms with van der Waals surface area (Å²) in [5.74, 6) is -1.20. The highest BCUT2D eigenvalue weighted by Gasteiger charge is 2.34. The Balaban J connectivity index is 1.35. The number of rotatable bonds is 8. The first-order chi connectivity index (χ1) is 20.1. The lowest BCUT2D eigenvalue weighted by Crippen LogP contribution is -2.47. The molecule has 0 radical (unpaired) electrons. The summed E-state index contributed by atoms with van der Waals surface area (Å²) in [4.78, 5) is 46.2. The zero-order chi connectivity index (χ0) is 29.9. The molecule has 1 aromatic carbocycles. The van der Waals surface area contributed by atoms with Crippen LogP contribution in [0.5, 0.6) is 0 Å². The number of aliphatic carboxylic acids is 1. The van der Waals surface area contributed by atoms with Gasteiger partial charge in [0, 0.05) is 49.9 Å². The number of carboxylic acid groups (broad SMARTS) is 1. The number of benzene rings is 1. The number of anilines is 2. The van der Waals surface area contributed by atoms with Crippen molar-refractivity contribution < 1.29 is 27.9 Å². The van der Waals surface area contributed by atoms with Gasteiger partial charge in [-0.3, -0.25) is 4.79 Å². The van der Waals surface area contributed by atoms with E-state index in [1.54, 1.807) is 35.2 Å². The van der Waals surface area contributed by atoms with E-state index in [9.17, 15) is 27.9 Å². The van der Waals surface area contributed by atoms with Crippen molar-refractivity contribution in [3.63, 3.8) is 0 Å². The molecule has 5 rings (SSSR count). The lowest BCUT2D eigenvalue weighted by molar-refractivity contribution is -0.141. The summed E-state index contributed by atoms with van der Waals surface area (Å²) < 4.78 is 39.4. The van der Waals surface area contributed by atoms with Gasteiger partial charge in [0.15, 0.2) is 5.82 Å². The highest BCUT2D eigenvalue weighted by Crippen LogP contribution is 2.29. The molecule has 1 unspecified atom stereocenters. The van der Waals surface area contributed by atoms with Gasteiger partial charge in [-0.1, -0.05) is 29.8 Å². The Morgan fingerprint density at radius 2 is 1.74 bits per heavy atom. The quantitative estimate of drug-likeness (QED) is 0.296. The summed E-state index contributed by atoms with van der Waals surface area (Å²) in [5.41, 5.74) is -0.357. The number of amides is 1. The molecule has 0 aliphatic carbocycles. The summed E-state index contributed by atoms with van der Waals surface area (Å²) in [6, 6.07) is 11.3. The van der Waals surface area contributed by atoms with Gasteiger partial charge in [0.2, 0.25) is 5.95 Å². The molecule has 0 bridgehead atoms. The topological polar surface area (TPSA) is 124 Å². The van der Waals surface area contributed by atoms with E-state index in [1.807, 2.05) is 16.3 Å². The number of carboxylic acids is 1. The summed E-state index contributed by atoms with van der Waals surface area (Å²) in [6.07, 6.45) is -3.46. The number of piperazine rings is 1. The Labute approximate surface area is 246 Å². The molecule has 0 spiro atoms. The Bertz CT molecular complexity index is 1560. The van der Waals surface area contributed by atoms with Crippen molar-refractivity contribution in [2.24, 2.45) is 0 Å². The van der Waals surface area contributed by atoms with Crippen molar-refractivity contribution >= 4 is 46.6 Å². The molecule has 4 heterocycles. The first-order valence-electron chi connectivity index (χ1n) is 12.7. The summed E-state index contributed by atoms with van der Waals surface area (Å²) >= 11 is 7.30. The van der Waals surface area contributed by atoms with Gasteiger partial charge in [-0.15, -0.1) is 11.3 Å². The van der Waals surface area contributed by atoms with Gasteiger partial charge >= 0.3 is 12.1 Å². The number of aromatic nitrogens is 4. The first kappa shape index (κ1) is 29.2. The van der Waals surface area contributed by atoms with E-state index in [0.717, 1.165) is 12.3 Å². The van der Waals surface area contributed by atoms with Gasteiger partial charge in [-0.25, -0.2) is 24.7 Å². The zero-order valence-electron chi connectivity index (χ0n) is 21.8. The number of thiophene rings is 1. The third kappa shape index (κ3) is 6.94. The van der Waals surface area contributed by atoms with Crippen molar-refractivity contribution in [2.75, 3.05) is 36.0 Å². The molecule has 0 saturated carbocycles. The van der Waals surface area contributed by atoms with E-state index >= 15 is 0 Å². The molecule has 3 aromatic heterocycles. The second-order valence-corrected chi connectivity index (χ2v) is 10.7. The molecule has 10 nitrogen and oxygen atoms in total. The number of halogens is 4. The number of alkyl halides is 3. The van der Waals surface area contributed by atoms with Gasteiger partial charge in [-0.05, 0) is 35.2 Å². The van der Waals surface area contributed by atoms with Crippen LogP contribution in [0.25, 0.3) is 10.7 Å². The maximum absolute atomic E-state index is 13.3. The molecule has 1 atom stereocenters. The van der Waals surface area contributed by atoms with Crippen molar-refractivity contribution in [1.82, 2.24) is 25.3 Å². The van der Waals surface area contributed by atoms with Crippen LogP contribution in [0.3, 0.4) is 0 Å². The van der Waals surface area contributed by atoms with Crippen LogP contribution in [0.15, 0.2) is 60.1 Å². The lowest BCUT2D eigenvalue weighted by atomic mass is 10.1. The number of carbonyl (C=O) groups is 2. The van der Waals surface area contributed by atoms with Crippen molar-refractivity contribution in [3.05, 3.63) is 82.1 Å². The Hall–Kier alpha value is -4.30. The van der Waals surface area contributed by atoms with Crippen LogP contribution in [0.4, 0.5) is 24.9 Å². The number of carbonyl (C=O) groups excluding carboxylic acids is 1. The van der Waals surface area contributed by atoms with E-state index in [4.69, 9.17) is 11.6 Å². The van der Waals surface area contributed by atoms with Crippen LogP contribution >= 0.6 is 22.9 Å². The Morgan fingerprint density at radius 3 is 2.38 bits per heavy atom. The van der Waals surface area contributed by atoms with Crippen LogP contribution < -0.4 is 15.1 Å². The summed E-state index contributed by atoms with van der Waals surface area (Å²) in [5, 5.41) is 14.7. The molecular weight excluding hydrogens is 595 g/mol. The molecule has 1 aliphatic heterocycles. The van der Waals surface area contributed by atoms with E-state index < -0.39 is 29.8 Å². The summed E-state index contributed by atoms with van der Waals surface area (Å²) in [7, 11) is 0. The summed E-state index contributed by atoms with van der Waals surface area (Å²) in [6.45, 7) is 1.33. The fraction of sp³-hybridized carbons (Fsp3) is 0.259. The number of nitrogens with one attached hydrogen (secondary N) is 1. The minimum atomic E-state index is -4.58. The van der Waals surface area contributed by atoms with Gasteiger partial charge in [0.25, 0.3) is 5.91 Å². The molecule has 42 heavy (non-hydrogen) atoms. The molecule has 218 valence electrons. The van der Waals surface area contributed by atoms with Crippen molar-refractivity contribution in [1.29, 1.82) is 0 Å². The predicted octanol–water partition coefficient (Wildman–Crippen LogP) is 4.42. The van der Waals surface area contributed by atoms with Gasteiger partial charge < -0.3 is 20.2 Å². The third-order valence-corrected chi connectivity index (χ3v) is 7.58. The number of nitrogens with zero attached hydrogens (tertiary/aromatic N) is 6. The zero-order valence-corrected chi connectivity index (χ0v) is 23.3. The largest absolute Gasteiger partial charge is 0.480 e. The van der Waals surface area contributed by atoms with Crippen LogP contribution in [0.1, 0.15) is 21.7 Å². The molecule has 4 aromatic rings. The van der Waals surface area contributed by atoms with Crippen molar-refractivity contribution in [2.45, 2.75) is 18.6 Å². The fourth-order valence-electron chi connectivity index (χ4n) is 4.31. The first-order valence-corrected chi connectivity index (χ1v) is 13.9. The molecular formula is C27H23ClF3N7O3S. The second-order valence-electron chi connectivity index (χ2n) is 9.32. The molecule has 1 fully saturated rings. The van der Waals surface area contributed by atoms with E-state index in [1.165, 1.54) is 17.4 Å². The fourth-order valence-corrected chi connectivity index (χ4v) is 5.09. The normalized spacial score (nSPS) is 14.5. The van der Waals surface area contributed by atoms with Gasteiger partial charge in [0.05, 0.1) is 4.88 Å². The minimum absolute atomic E-state index is 0.0191. The maximum atomic E-state index is 13.3. The smallest absolute Gasteiger partial charge is 0.433 e. The van der Waals surface area contributed by atoms with Crippen molar-refractivity contribution in [3.8, 4) is 10.7 Å². The van der Waals surface area contributed by atoms with E-state index in [-0.39, 0.29) is 18.1 Å². The van der Waals surface area contributed by atoms with Gasteiger partial charge in [0.1, 0.15) is 23.2 Å². The van der Waals surface area contributed by atoms with Crippen LogP contribution in [-0.2, 0) is 17.4 Å². The average Bonchev–Trinajstić information content (AvgIpc) is 3.53. The highest BCUT2D eigenvalue weighted by atomic mass is 35.5. The SMILES string of the molecule is O=C(NC(Cc1ccc(Cl)cc1)C(=O)O)c1cc(N2CCN(c3nccc(C(F)(F)F)n3)CC2)nc(-c2cccs2)n1. The average molecular weight is 618 g/mol. The molecule has 2 N–H and O–H groups in total. The molecule has 15 heteroatoms. The van der Waals surface area contributed by atoms with Crippen LogP contribution in [-0.4, -0.2) is 69.1 Å². The van der Waals surface area contributed by atoms with Crippen LogP contribution in [0, 0.1) is 0 Å².